The molecule has 0 spiro atoms. The molecule has 2 N–H and O–H groups in total. The molecule has 9 heteroatoms. The summed E-state index contributed by atoms with van der Waals surface area (Å²) in [6, 6.07) is 8.93. The Bertz CT molecular complexity index is 632. The fourth-order valence-electron chi connectivity index (χ4n) is 2.81. The van der Waals surface area contributed by atoms with Crippen LogP contribution in [0.1, 0.15) is 24.3 Å². The van der Waals surface area contributed by atoms with Gasteiger partial charge in [-0.2, -0.15) is 0 Å². The van der Waals surface area contributed by atoms with Crippen LogP contribution < -0.4 is 10.6 Å². The van der Waals surface area contributed by atoms with E-state index in [1.165, 1.54) is 5.56 Å². The van der Waals surface area contributed by atoms with Gasteiger partial charge in [0.05, 0.1) is 6.54 Å². The normalized spacial score (nSPS) is 15.3. The van der Waals surface area contributed by atoms with Crippen LogP contribution in [0.2, 0.25) is 5.02 Å². The van der Waals surface area contributed by atoms with Crippen molar-refractivity contribution >= 4 is 42.4 Å². The zero-order chi connectivity index (χ0) is 16.1. The maximum Gasteiger partial charge on any atom is 0.315 e. The minimum Gasteiger partial charge on any atom is -0.407 e. The maximum absolute atomic E-state index is 6.24. The third kappa shape index (κ3) is 6.31. The number of nitrogens with zero attached hydrogens (tertiary/aromatic N) is 3. The summed E-state index contributed by atoms with van der Waals surface area (Å²) in [5, 5.41) is 15.2. The molecule has 0 unspecified atom stereocenters. The molecule has 6 nitrogen and oxygen atoms in total. The first-order valence-corrected chi connectivity index (χ1v) is 8.31. The third-order valence-corrected chi connectivity index (χ3v) is 4.43. The number of hydrogen-bond donors (Lipinski definition) is 2. The van der Waals surface area contributed by atoms with E-state index in [0.29, 0.717) is 24.5 Å². The van der Waals surface area contributed by atoms with Crippen molar-refractivity contribution in [3.63, 3.8) is 0 Å². The minimum atomic E-state index is 0. The highest BCUT2D eigenvalue weighted by molar-refractivity contribution is 6.31. The molecule has 1 saturated heterocycles. The lowest BCUT2D eigenvalue weighted by Crippen LogP contribution is -2.38. The molecule has 1 fully saturated rings. The topological polar surface area (TPSA) is 66.2 Å². The van der Waals surface area contributed by atoms with Crippen molar-refractivity contribution in [2.24, 2.45) is 0 Å². The van der Waals surface area contributed by atoms with Crippen LogP contribution in [0.4, 0.5) is 6.01 Å². The highest BCUT2D eigenvalue weighted by Gasteiger charge is 2.21. The predicted molar refractivity (Wildman–Crippen MR) is 105 cm³/mol. The predicted octanol–water partition coefficient (Wildman–Crippen LogP) is 3.36. The molecule has 0 atom stereocenters. The molecule has 0 bridgehead atoms. The van der Waals surface area contributed by atoms with Crippen molar-refractivity contribution in [2.45, 2.75) is 32.0 Å². The number of anilines is 1. The van der Waals surface area contributed by atoms with Crippen LogP contribution in [-0.2, 0) is 13.1 Å². The Labute approximate surface area is 165 Å². The van der Waals surface area contributed by atoms with Gasteiger partial charge in [-0.1, -0.05) is 34.9 Å². The zero-order valence-corrected chi connectivity index (χ0v) is 16.5. The van der Waals surface area contributed by atoms with Crippen LogP contribution in [0.3, 0.4) is 0 Å². The lowest BCUT2D eigenvalue weighted by atomic mass is 10.0. The molecule has 3 rings (SSSR count). The lowest BCUT2D eigenvalue weighted by Gasteiger charge is -2.32. The van der Waals surface area contributed by atoms with E-state index in [-0.39, 0.29) is 24.8 Å². The average molecular weight is 409 g/mol. The third-order valence-electron chi connectivity index (χ3n) is 4.06. The first kappa shape index (κ1) is 22.0. The van der Waals surface area contributed by atoms with E-state index in [1.807, 2.05) is 25.2 Å². The smallest absolute Gasteiger partial charge is 0.315 e. The second kappa shape index (κ2) is 10.8. The Hall–Kier alpha value is -1.05. The van der Waals surface area contributed by atoms with Crippen LogP contribution >= 0.6 is 36.4 Å². The molecule has 0 amide bonds. The Morgan fingerprint density at radius 2 is 1.92 bits per heavy atom. The van der Waals surface area contributed by atoms with E-state index >= 15 is 0 Å². The molecular formula is C16H24Cl3N5O. The number of halogens is 3. The largest absolute Gasteiger partial charge is 0.407 e. The first-order chi connectivity index (χ1) is 11.2. The van der Waals surface area contributed by atoms with Gasteiger partial charge in [-0.05, 0) is 31.5 Å². The standard InChI is InChI=1S/C16H22ClN5O.2ClH/c1-18-10-15-20-21-16(23-15)19-13-6-8-22(9-7-13)11-12-4-2-3-5-14(12)17;;/h2-5,13,18H,6-11H2,1H3,(H,19,21);2*1H. The fraction of sp³-hybridized carbons (Fsp3) is 0.500. The Morgan fingerprint density at radius 3 is 2.60 bits per heavy atom. The molecule has 0 saturated carbocycles. The first-order valence-electron chi connectivity index (χ1n) is 7.94. The van der Waals surface area contributed by atoms with Crippen molar-refractivity contribution in [3.05, 3.63) is 40.7 Å². The average Bonchev–Trinajstić information content (AvgIpc) is 2.99. The second-order valence-electron chi connectivity index (χ2n) is 5.82. The van der Waals surface area contributed by atoms with E-state index in [9.17, 15) is 0 Å². The van der Waals surface area contributed by atoms with Gasteiger partial charge in [-0.15, -0.1) is 29.9 Å². The van der Waals surface area contributed by atoms with Gasteiger partial charge < -0.3 is 15.1 Å². The molecule has 2 aromatic rings. The van der Waals surface area contributed by atoms with Gasteiger partial charge in [0.25, 0.3) is 0 Å². The van der Waals surface area contributed by atoms with Gasteiger partial charge in [0.2, 0.25) is 5.89 Å². The SMILES string of the molecule is CNCc1nnc(NC2CCN(Cc3ccccc3Cl)CC2)o1.Cl.Cl. The van der Waals surface area contributed by atoms with Crippen LogP contribution in [0, 0.1) is 0 Å². The molecule has 140 valence electrons. The van der Waals surface area contributed by atoms with Crippen LogP contribution in [0.5, 0.6) is 0 Å². The molecule has 1 aliphatic heterocycles. The van der Waals surface area contributed by atoms with Crippen LogP contribution in [0.15, 0.2) is 28.7 Å². The van der Waals surface area contributed by atoms with Crippen molar-refractivity contribution < 1.29 is 4.42 Å². The highest BCUT2D eigenvalue weighted by Crippen LogP contribution is 2.21. The van der Waals surface area contributed by atoms with Gasteiger partial charge in [-0.25, -0.2) is 0 Å². The Balaban J connectivity index is 0.00000156. The molecule has 0 aliphatic carbocycles. The van der Waals surface area contributed by atoms with Crippen LogP contribution in [0.25, 0.3) is 0 Å². The van der Waals surface area contributed by atoms with E-state index in [2.05, 4.69) is 31.8 Å². The van der Waals surface area contributed by atoms with E-state index in [0.717, 1.165) is 37.5 Å². The van der Waals surface area contributed by atoms with Gasteiger partial charge in [0.15, 0.2) is 0 Å². The molecular weight excluding hydrogens is 385 g/mol. The highest BCUT2D eigenvalue weighted by atomic mass is 35.5. The summed E-state index contributed by atoms with van der Waals surface area (Å²) >= 11 is 6.24. The molecule has 1 aliphatic rings. The fourth-order valence-corrected chi connectivity index (χ4v) is 3.01. The summed E-state index contributed by atoms with van der Waals surface area (Å²) in [5.41, 5.74) is 1.19. The monoisotopic (exact) mass is 407 g/mol. The summed E-state index contributed by atoms with van der Waals surface area (Å²) < 4.78 is 5.54. The van der Waals surface area contributed by atoms with Crippen LogP contribution in [-0.4, -0.2) is 41.3 Å². The van der Waals surface area contributed by atoms with Gasteiger partial charge in [0, 0.05) is 30.7 Å². The van der Waals surface area contributed by atoms with E-state index in [4.69, 9.17) is 16.0 Å². The van der Waals surface area contributed by atoms with Crippen molar-refractivity contribution in [3.8, 4) is 0 Å². The van der Waals surface area contributed by atoms with Gasteiger partial charge >= 0.3 is 6.01 Å². The molecule has 0 radical (unpaired) electrons. The quantitative estimate of drug-likeness (QED) is 0.764. The zero-order valence-electron chi connectivity index (χ0n) is 14.1. The number of rotatable bonds is 6. The minimum absolute atomic E-state index is 0. The van der Waals surface area contributed by atoms with Crippen molar-refractivity contribution in [1.29, 1.82) is 0 Å². The van der Waals surface area contributed by atoms with Gasteiger partial charge in [0.1, 0.15) is 0 Å². The number of hydrogen-bond acceptors (Lipinski definition) is 6. The van der Waals surface area contributed by atoms with Crippen molar-refractivity contribution in [2.75, 3.05) is 25.5 Å². The summed E-state index contributed by atoms with van der Waals surface area (Å²) in [5.74, 6) is 0.603. The number of aromatic nitrogens is 2. The second-order valence-corrected chi connectivity index (χ2v) is 6.22. The molecule has 2 heterocycles. The summed E-state index contributed by atoms with van der Waals surface area (Å²) in [6.07, 6.45) is 2.10. The number of likely N-dealkylation sites (tertiary alicyclic amines) is 1. The van der Waals surface area contributed by atoms with E-state index < -0.39 is 0 Å². The number of nitrogens with one attached hydrogen (secondary N) is 2. The molecule has 25 heavy (non-hydrogen) atoms. The summed E-state index contributed by atoms with van der Waals surface area (Å²) in [4.78, 5) is 2.43. The Morgan fingerprint density at radius 1 is 1.20 bits per heavy atom. The molecule has 1 aromatic heterocycles. The lowest BCUT2D eigenvalue weighted by molar-refractivity contribution is 0.210. The van der Waals surface area contributed by atoms with Gasteiger partial charge in [-0.3, -0.25) is 4.90 Å². The van der Waals surface area contributed by atoms with Crippen molar-refractivity contribution in [1.82, 2.24) is 20.4 Å². The van der Waals surface area contributed by atoms with E-state index in [1.54, 1.807) is 0 Å². The summed E-state index contributed by atoms with van der Waals surface area (Å²) in [7, 11) is 1.85. The number of piperidine rings is 1. The summed E-state index contributed by atoms with van der Waals surface area (Å²) in [6.45, 7) is 3.55. The number of benzene rings is 1. The molecule has 1 aromatic carbocycles. The Kier molecular flexibility index (Phi) is 9.53. The maximum atomic E-state index is 6.24.